The normalized spacial score (nSPS) is 11.1. The minimum atomic E-state index is -1.31. The number of unbranched alkanes of at least 4 members (excludes halogenated alkanes) is 1. The van der Waals surface area contributed by atoms with Crippen LogP contribution in [0.4, 0.5) is 0 Å². The molecule has 0 aliphatic rings. The monoisotopic (exact) mass is 276 g/mol. The van der Waals surface area contributed by atoms with E-state index in [-0.39, 0.29) is 6.42 Å². The first-order valence-corrected chi connectivity index (χ1v) is 6.45. The van der Waals surface area contributed by atoms with Crippen LogP contribution in [0.15, 0.2) is 30.7 Å². The van der Waals surface area contributed by atoms with Crippen molar-refractivity contribution in [1.29, 1.82) is 0 Å². The molecule has 6 heteroatoms. The Labute approximate surface area is 115 Å². The lowest BCUT2D eigenvalue weighted by atomic mass is 10.0. The van der Waals surface area contributed by atoms with Crippen molar-refractivity contribution in [3.05, 3.63) is 36.4 Å². The minimum absolute atomic E-state index is 0.157. The molecule has 0 unspecified atom stereocenters. The Morgan fingerprint density at radius 2 is 1.95 bits per heavy atom. The molecule has 0 fully saturated rings. The van der Waals surface area contributed by atoms with Gasteiger partial charge in [-0.2, -0.15) is 0 Å². The van der Waals surface area contributed by atoms with E-state index in [0.29, 0.717) is 6.42 Å². The first-order chi connectivity index (χ1) is 9.59. The van der Waals surface area contributed by atoms with E-state index in [9.17, 15) is 9.59 Å². The van der Waals surface area contributed by atoms with Crippen LogP contribution in [-0.2, 0) is 16.0 Å². The third-order valence-electron chi connectivity index (χ3n) is 3.30. The Balaban J connectivity index is 1.89. The third kappa shape index (κ3) is 3.14. The number of hydrogen-bond donors (Lipinski definition) is 2. The van der Waals surface area contributed by atoms with E-state index in [4.69, 9.17) is 10.2 Å². The number of aliphatic carboxylic acids is 2. The van der Waals surface area contributed by atoms with E-state index in [2.05, 4.69) is 4.98 Å². The molecule has 0 radical (unpaired) electrons. The van der Waals surface area contributed by atoms with Crippen LogP contribution in [0.2, 0.25) is 0 Å². The molecule has 2 aromatic heterocycles. The van der Waals surface area contributed by atoms with Crippen molar-refractivity contribution in [3.8, 4) is 0 Å². The van der Waals surface area contributed by atoms with E-state index in [1.807, 2.05) is 22.6 Å². The topological polar surface area (TPSA) is 91.9 Å². The minimum Gasteiger partial charge on any atom is -0.481 e. The molecule has 0 saturated heterocycles. The predicted octanol–water partition coefficient (Wildman–Crippen LogP) is 1.83. The Kier molecular flexibility index (Phi) is 4.34. The summed E-state index contributed by atoms with van der Waals surface area (Å²) in [5, 5.41) is 17.6. The van der Waals surface area contributed by atoms with Crippen LogP contribution in [0.25, 0.3) is 5.52 Å². The second kappa shape index (κ2) is 6.18. The summed E-state index contributed by atoms with van der Waals surface area (Å²) < 4.78 is 1.98. The van der Waals surface area contributed by atoms with Crippen LogP contribution in [-0.4, -0.2) is 31.5 Å². The molecule has 2 N–H and O–H groups in total. The standard InChI is InChI=1S/C14H16N2O4/c17-13(18)12(14(19)20)7-2-1-4-10-5-3-6-11-8-15-9-16(10)11/h3,5-6,8-9,12H,1-2,4,7H2,(H,17,18)(H,19,20). The van der Waals surface area contributed by atoms with Gasteiger partial charge < -0.3 is 14.6 Å². The first-order valence-electron chi connectivity index (χ1n) is 6.45. The highest BCUT2D eigenvalue weighted by Gasteiger charge is 2.24. The van der Waals surface area contributed by atoms with Gasteiger partial charge in [0.1, 0.15) is 0 Å². The SMILES string of the molecule is O=C(O)C(CCCCc1cccc2cncn12)C(=O)O. The highest BCUT2D eigenvalue weighted by molar-refractivity contribution is 5.92. The smallest absolute Gasteiger partial charge is 0.317 e. The van der Waals surface area contributed by atoms with Crippen molar-refractivity contribution >= 4 is 17.5 Å². The summed E-state index contributed by atoms with van der Waals surface area (Å²) in [7, 11) is 0. The van der Waals surface area contributed by atoms with E-state index in [0.717, 1.165) is 24.1 Å². The van der Waals surface area contributed by atoms with Crippen molar-refractivity contribution in [2.24, 2.45) is 5.92 Å². The Morgan fingerprint density at radius 1 is 1.20 bits per heavy atom. The lowest BCUT2D eigenvalue weighted by Crippen LogP contribution is -2.23. The van der Waals surface area contributed by atoms with Crippen molar-refractivity contribution in [1.82, 2.24) is 9.38 Å². The van der Waals surface area contributed by atoms with Gasteiger partial charge in [0.25, 0.3) is 0 Å². The Hall–Kier alpha value is -2.37. The molecule has 0 amide bonds. The Morgan fingerprint density at radius 3 is 2.65 bits per heavy atom. The number of imidazole rings is 1. The van der Waals surface area contributed by atoms with Gasteiger partial charge in [0.2, 0.25) is 0 Å². The van der Waals surface area contributed by atoms with E-state index < -0.39 is 17.9 Å². The first kappa shape index (κ1) is 14.0. The van der Waals surface area contributed by atoms with Gasteiger partial charge in [-0.25, -0.2) is 4.98 Å². The molecule has 0 saturated carbocycles. The average Bonchev–Trinajstić information content (AvgIpc) is 2.86. The fourth-order valence-electron chi connectivity index (χ4n) is 2.22. The molecule has 6 nitrogen and oxygen atoms in total. The van der Waals surface area contributed by atoms with Gasteiger partial charge in [-0.1, -0.05) is 12.5 Å². The van der Waals surface area contributed by atoms with Crippen LogP contribution in [0.1, 0.15) is 25.0 Å². The second-order valence-electron chi connectivity index (χ2n) is 4.68. The van der Waals surface area contributed by atoms with E-state index in [1.54, 1.807) is 12.5 Å². The van der Waals surface area contributed by atoms with Crippen LogP contribution in [0.5, 0.6) is 0 Å². The van der Waals surface area contributed by atoms with Crippen LogP contribution in [0.3, 0.4) is 0 Å². The number of rotatable bonds is 7. The highest BCUT2D eigenvalue weighted by atomic mass is 16.4. The largest absolute Gasteiger partial charge is 0.481 e. The zero-order valence-electron chi connectivity index (χ0n) is 10.9. The summed E-state index contributed by atoms with van der Waals surface area (Å²) in [6.45, 7) is 0. The molecule has 2 rings (SSSR count). The molecule has 0 aliphatic carbocycles. The second-order valence-corrected chi connectivity index (χ2v) is 4.68. The summed E-state index contributed by atoms with van der Waals surface area (Å²) in [6.07, 6.45) is 5.74. The zero-order chi connectivity index (χ0) is 14.5. The van der Waals surface area contributed by atoms with E-state index >= 15 is 0 Å². The number of fused-ring (bicyclic) bond motifs is 1. The number of carboxylic acids is 2. The third-order valence-corrected chi connectivity index (χ3v) is 3.30. The maximum absolute atomic E-state index is 10.8. The van der Waals surface area contributed by atoms with Gasteiger partial charge in [0, 0.05) is 5.69 Å². The number of carboxylic acid groups (broad SMARTS) is 2. The molecule has 106 valence electrons. The van der Waals surface area contributed by atoms with Crippen molar-refractivity contribution in [3.63, 3.8) is 0 Å². The Bertz CT molecular complexity index is 606. The van der Waals surface area contributed by atoms with Crippen LogP contribution >= 0.6 is 0 Å². The number of aryl methyl sites for hydroxylation is 1. The molecule has 2 aromatic rings. The van der Waals surface area contributed by atoms with Crippen molar-refractivity contribution in [2.75, 3.05) is 0 Å². The van der Waals surface area contributed by atoms with Gasteiger partial charge in [0.05, 0.1) is 18.0 Å². The lowest BCUT2D eigenvalue weighted by Gasteiger charge is -2.08. The maximum atomic E-state index is 10.8. The van der Waals surface area contributed by atoms with Crippen molar-refractivity contribution < 1.29 is 19.8 Å². The number of carbonyl (C=O) groups is 2. The van der Waals surface area contributed by atoms with Gasteiger partial charge in [0.15, 0.2) is 5.92 Å². The van der Waals surface area contributed by atoms with Gasteiger partial charge in [-0.15, -0.1) is 0 Å². The number of hydrogen-bond acceptors (Lipinski definition) is 3. The molecule has 0 spiro atoms. The average molecular weight is 276 g/mol. The summed E-state index contributed by atoms with van der Waals surface area (Å²) in [5.74, 6) is -3.84. The van der Waals surface area contributed by atoms with Crippen molar-refractivity contribution in [2.45, 2.75) is 25.7 Å². The fraction of sp³-hybridized carbons (Fsp3) is 0.357. The van der Waals surface area contributed by atoms with E-state index in [1.165, 1.54) is 0 Å². The molecular formula is C14H16N2O4. The fourth-order valence-corrected chi connectivity index (χ4v) is 2.22. The van der Waals surface area contributed by atoms with Gasteiger partial charge >= 0.3 is 11.9 Å². The molecule has 2 heterocycles. The maximum Gasteiger partial charge on any atom is 0.317 e. The summed E-state index contributed by atoms with van der Waals surface area (Å²) in [4.78, 5) is 25.6. The lowest BCUT2D eigenvalue weighted by molar-refractivity contribution is -0.154. The summed E-state index contributed by atoms with van der Waals surface area (Å²) in [6, 6.07) is 5.89. The molecule has 0 atom stereocenters. The molecule has 0 bridgehead atoms. The quantitative estimate of drug-likeness (QED) is 0.594. The number of aromatic nitrogens is 2. The highest BCUT2D eigenvalue weighted by Crippen LogP contribution is 2.14. The van der Waals surface area contributed by atoms with Crippen LogP contribution in [0, 0.1) is 5.92 Å². The zero-order valence-corrected chi connectivity index (χ0v) is 10.9. The predicted molar refractivity (Wildman–Crippen MR) is 71.5 cm³/mol. The number of nitrogens with zero attached hydrogens (tertiary/aromatic N) is 2. The molecule has 0 aliphatic heterocycles. The van der Waals surface area contributed by atoms with Crippen LogP contribution < -0.4 is 0 Å². The van der Waals surface area contributed by atoms with Gasteiger partial charge in [-0.3, -0.25) is 9.59 Å². The molecular weight excluding hydrogens is 260 g/mol. The summed E-state index contributed by atoms with van der Waals surface area (Å²) in [5.41, 5.74) is 2.10. The molecule has 20 heavy (non-hydrogen) atoms. The number of pyridine rings is 1. The van der Waals surface area contributed by atoms with Gasteiger partial charge in [-0.05, 0) is 31.4 Å². The molecule has 0 aromatic carbocycles. The summed E-state index contributed by atoms with van der Waals surface area (Å²) >= 11 is 0.